The Balaban J connectivity index is 2.28. The molecule has 0 bridgehead atoms. The number of aromatic amines is 1. The van der Waals surface area contributed by atoms with Crippen LogP contribution in [0.2, 0.25) is 0 Å². The monoisotopic (exact) mass is 334 g/mol. The predicted octanol–water partition coefficient (Wildman–Crippen LogP) is 0.0562. The average molecular weight is 334 g/mol. The minimum Gasteiger partial charge on any atom is -0.494 e. The van der Waals surface area contributed by atoms with Crippen molar-refractivity contribution in [2.45, 2.75) is 6.10 Å². The smallest absolute Gasteiger partial charge is 0.343 e. The van der Waals surface area contributed by atoms with E-state index in [2.05, 4.69) is 4.98 Å². The molecule has 126 valence electrons. The number of ether oxygens (including phenoxy) is 3. The van der Waals surface area contributed by atoms with E-state index < -0.39 is 29.2 Å². The second-order valence-electron chi connectivity index (χ2n) is 5.11. The van der Waals surface area contributed by atoms with E-state index in [-0.39, 0.29) is 16.9 Å². The van der Waals surface area contributed by atoms with Crippen molar-refractivity contribution in [2.24, 2.45) is 7.05 Å². The van der Waals surface area contributed by atoms with Crippen molar-refractivity contribution in [3.63, 3.8) is 0 Å². The Morgan fingerprint density at radius 2 is 1.92 bits per heavy atom. The van der Waals surface area contributed by atoms with Crippen LogP contribution in [0.1, 0.15) is 27.6 Å². The summed E-state index contributed by atoms with van der Waals surface area (Å²) in [7, 11) is 4.07. The van der Waals surface area contributed by atoms with Crippen molar-refractivity contribution in [1.82, 2.24) is 9.55 Å². The maximum absolute atomic E-state index is 12.3. The van der Waals surface area contributed by atoms with Crippen molar-refractivity contribution in [3.8, 4) is 17.4 Å². The number of cyclic esters (lactones) is 1. The molecule has 24 heavy (non-hydrogen) atoms. The lowest BCUT2D eigenvalue weighted by atomic mass is 9.99. The molecule has 2 N–H and O–H groups in total. The molecule has 1 aromatic heterocycles. The molecule has 0 saturated heterocycles. The van der Waals surface area contributed by atoms with Crippen LogP contribution in [-0.2, 0) is 11.8 Å². The van der Waals surface area contributed by atoms with Gasteiger partial charge in [0.2, 0.25) is 5.88 Å². The molecular formula is C15H14N2O7. The normalized spacial score (nSPS) is 15.8. The molecule has 2 heterocycles. The van der Waals surface area contributed by atoms with Crippen LogP contribution in [0.3, 0.4) is 0 Å². The Morgan fingerprint density at radius 3 is 2.54 bits per heavy atom. The van der Waals surface area contributed by atoms with Gasteiger partial charge in [-0.05, 0) is 6.07 Å². The van der Waals surface area contributed by atoms with Crippen LogP contribution in [-0.4, -0.2) is 34.8 Å². The standard InChI is InChI=1S/C15H14N2O7/c1-17-13(19)9(12(18)16-15(17)21)10-6-4-5-7(22-2)11(23-3)8(6)14(20)24-10/h4-5,10,19H,1-3H3,(H,16,18,21)/t10-/m0/s1. The van der Waals surface area contributed by atoms with E-state index in [1.165, 1.54) is 27.3 Å². The van der Waals surface area contributed by atoms with E-state index in [1.54, 1.807) is 6.07 Å². The van der Waals surface area contributed by atoms with Crippen molar-refractivity contribution in [3.05, 3.63) is 49.7 Å². The number of benzene rings is 1. The molecule has 1 aliphatic heterocycles. The van der Waals surface area contributed by atoms with Gasteiger partial charge in [-0.2, -0.15) is 0 Å². The van der Waals surface area contributed by atoms with Gasteiger partial charge in [0, 0.05) is 12.6 Å². The number of carbonyl (C=O) groups excluding carboxylic acids is 1. The second-order valence-corrected chi connectivity index (χ2v) is 5.11. The van der Waals surface area contributed by atoms with Crippen molar-refractivity contribution in [1.29, 1.82) is 0 Å². The van der Waals surface area contributed by atoms with Crippen molar-refractivity contribution in [2.75, 3.05) is 14.2 Å². The molecule has 2 aromatic rings. The molecule has 0 amide bonds. The number of esters is 1. The molecule has 0 saturated carbocycles. The number of carbonyl (C=O) groups is 1. The summed E-state index contributed by atoms with van der Waals surface area (Å²) in [5.41, 5.74) is -1.42. The number of nitrogens with zero attached hydrogens (tertiary/aromatic N) is 1. The van der Waals surface area contributed by atoms with Crippen LogP contribution in [0.25, 0.3) is 0 Å². The van der Waals surface area contributed by atoms with E-state index in [9.17, 15) is 19.5 Å². The Bertz CT molecular complexity index is 958. The van der Waals surface area contributed by atoms with E-state index in [4.69, 9.17) is 14.2 Å². The first-order valence-electron chi connectivity index (χ1n) is 6.88. The number of H-pyrrole nitrogens is 1. The van der Waals surface area contributed by atoms with Crippen molar-refractivity contribution < 1.29 is 24.1 Å². The van der Waals surface area contributed by atoms with E-state index in [0.717, 1.165) is 4.57 Å². The molecule has 0 fully saturated rings. The highest BCUT2D eigenvalue weighted by Crippen LogP contribution is 2.44. The van der Waals surface area contributed by atoms with E-state index >= 15 is 0 Å². The highest BCUT2D eigenvalue weighted by Gasteiger charge is 2.39. The van der Waals surface area contributed by atoms with Gasteiger partial charge in [0.1, 0.15) is 11.1 Å². The fourth-order valence-electron chi connectivity index (χ4n) is 2.68. The summed E-state index contributed by atoms with van der Waals surface area (Å²) in [6, 6.07) is 3.09. The Labute approximate surface area is 135 Å². The van der Waals surface area contributed by atoms with Gasteiger partial charge < -0.3 is 19.3 Å². The fraction of sp³-hybridized carbons (Fsp3) is 0.267. The van der Waals surface area contributed by atoms with Crippen LogP contribution in [0.15, 0.2) is 21.7 Å². The Kier molecular flexibility index (Phi) is 3.55. The number of nitrogens with one attached hydrogen (secondary N) is 1. The lowest BCUT2D eigenvalue weighted by Gasteiger charge is -2.14. The number of methoxy groups -OCH3 is 2. The molecule has 0 spiro atoms. The first-order chi connectivity index (χ1) is 11.4. The SMILES string of the molecule is COc1ccc2c(c1OC)C(=O)O[C@@H]2c1c(O)n(C)c(=O)[nH]c1=O. The van der Waals surface area contributed by atoms with Gasteiger partial charge in [0.05, 0.1) is 14.2 Å². The van der Waals surface area contributed by atoms with Gasteiger partial charge >= 0.3 is 11.7 Å². The summed E-state index contributed by atoms with van der Waals surface area (Å²) in [6.45, 7) is 0. The summed E-state index contributed by atoms with van der Waals surface area (Å²) >= 11 is 0. The Hall–Kier alpha value is -3.23. The number of fused-ring (bicyclic) bond motifs is 1. The lowest BCUT2D eigenvalue weighted by Crippen LogP contribution is -2.32. The summed E-state index contributed by atoms with van der Waals surface area (Å²) in [5.74, 6) is -0.807. The zero-order valence-electron chi connectivity index (χ0n) is 13.1. The number of hydrogen-bond donors (Lipinski definition) is 2. The molecule has 1 aliphatic rings. The summed E-state index contributed by atoms with van der Waals surface area (Å²) < 4.78 is 16.4. The topological polar surface area (TPSA) is 120 Å². The van der Waals surface area contributed by atoms with Gasteiger partial charge in [-0.1, -0.05) is 6.07 Å². The minimum atomic E-state index is -1.16. The zero-order chi connectivity index (χ0) is 17.6. The highest BCUT2D eigenvalue weighted by molar-refractivity contribution is 5.98. The van der Waals surface area contributed by atoms with Crippen LogP contribution >= 0.6 is 0 Å². The van der Waals surface area contributed by atoms with E-state index in [0.29, 0.717) is 11.3 Å². The van der Waals surface area contributed by atoms with Crippen LogP contribution in [0.5, 0.6) is 17.4 Å². The lowest BCUT2D eigenvalue weighted by molar-refractivity contribution is 0.0446. The maximum Gasteiger partial charge on any atom is 0.343 e. The van der Waals surface area contributed by atoms with Gasteiger partial charge in [-0.3, -0.25) is 14.3 Å². The highest BCUT2D eigenvalue weighted by atomic mass is 16.6. The first-order valence-corrected chi connectivity index (χ1v) is 6.88. The largest absolute Gasteiger partial charge is 0.494 e. The van der Waals surface area contributed by atoms with Crippen LogP contribution < -0.4 is 20.7 Å². The molecule has 0 aliphatic carbocycles. The Morgan fingerprint density at radius 1 is 1.21 bits per heavy atom. The van der Waals surface area contributed by atoms with Crippen LogP contribution in [0, 0.1) is 0 Å². The maximum atomic E-state index is 12.3. The van der Waals surface area contributed by atoms with Gasteiger partial charge in [0.15, 0.2) is 17.6 Å². The molecule has 0 radical (unpaired) electrons. The molecule has 1 aromatic carbocycles. The number of hydrogen-bond acceptors (Lipinski definition) is 7. The van der Waals surface area contributed by atoms with Crippen molar-refractivity contribution >= 4 is 5.97 Å². The summed E-state index contributed by atoms with van der Waals surface area (Å²) in [5, 5.41) is 10.2. The molecule has 9 nitrogen and oxygen atoms in total. The molecular weight excluding hydrogens is 320 g/mol. The first kappa shape index (κ1) is 15.7. The predicted molar refractivity (Wildman–Crippen MR) is 80.8 cm³/mol. The third kappa shape index (κ3) is 2.05. The third-order valence-electron chi connectivity index (χ3n) is 3.88. The van der Waals surface area contributed by atoms with Crippen LogP contribution in [0.4, 0.5) is 0 Å². The quantitative estimate of drug-likeness (QED) is 0.761. The molecule has 1 atom stereocenters. The summed E-state index contributed by atoms with van der Waals surface area (Å²) in [6.07, 6.45) is -1.16. The third-order valence-corrected chi connectivity index (χ3v) is 3.88. The average Bonchev–Trinajstić information content (AvgIpc) is 2.88. The van der Waals surface area contributed by atoms with Gasteiger partial charge in [0.25, 0.3) is 5.56 Å². The fourth-order valence-corrected chi connectivity index (χ4v) is 2.68. The number of aromatic nitrogens is 2. The number of rotatable bonds is 3. The van der Waals surface area contributed by atoms with Gasteiger partial charge in [-0.25, -0.2) is 9.59 Å². The second kappa shape index (κ2) is 5.44. The molecule has 3 rings (SSSR count). The van der Waals surface area contributed by atoms with E-state index in [1.807, 2.05) is 0 Å². The number of aromatic hydroxyl groups is 1. The molecule has 9 heteroatoms. The summed E-state index contributed by atoms with van der Waals surface area (Å²) in [4.78, 5) is 38.0. The van der Waals surface area contributed by atoms with Gasteiger partial charge in [-0.15, -0.1) is 0 Å². The molecule has 0 unspecified atom stereocenters. The minimum absolute atomic E-state index is 0.106. The zero-order valence-corrected chi connectivity index (χ0v) is 13.1.